The number of halogens is 1. The van der Waals surface area contributed by atoms with Crippen LogP contribution in [0.5, 0.6) is 0 Å². The first-order valence-corrected chi connectivity index (χ1v) is 9.67. The third-order valence-corrected chi connectivity index (χ3v) is 5.04. The van der Waals surface area contributed by atoms with E-state index in [1.54, 1.807) is 29.3 Å². The van der Waals surface area contributed by atoms with Gasteiger partial charge in [0.2, 0.25) is 0 Å². The van der Waals surface area contributed by atoms with E-state index in [0.717, 1.165) is 24.3 Å². The number of nitrogens with zero attached hydrogens (tertiary/aromatic N) is 3. The first-order valence-electron chi connectivity index (χ1n) is 9.29. The van der Waals surface area contributed by atoms with Gasteiger partial charge in [-0.15, -0.1) is 0 Å². The van der Waals surface area contributed by atoms with Crippen molar-refractivity contribution >= 4 is 35.1 Å². The summed E-state index contributed by atoms with van der Waals surface area (Å²) in [6, 6.07) is 8.66. The molecule has 2 heterocycles. The average molecular weight is 418 g/mol. The van der Waals surface area contributed by atoms with Crippen molar-refractivity contribution in [2.75, 3.05) is 43.9 Å². The van der Waals surface area contributed by atoms with Crippen molar-refractivity contribution < 1.29 is 14.3 Å². The smallest absolute Gasteiger partial charge is 0.409 e. The Morgan fingerprint density at radius 1 is 1.10 bits per heavy atom. The van der Waals surface area contributed by atoms with Crippen molar-refractivity contribution in [2.24, 2.45) is 0 Å². The predicted octanol–water partition coefficient (Wildman–Crippen LogP) is 3.57. The first kappa shape index (κ1) is 20.9. The molecule has 0 spiro atoms. The number of hydrogen-bond donors (Lipinski definition) is 2. The van der Waals surface area contributed by atoms with Gasteiger partial charge in [0.15, 0.2) is 0 Å². The van der Waals surface area contributed by atoms with E-state index in [2.05, 4.69) is 20.5 Å². The predicted molar refractivity (Wildman–Crippen MR) is 112 cm³/mol. The molecule has 0 atom stereocenters. The second-order valence-corrected chi connectivity index (χ2v) is 7.21. The molecule has 0 radical (unpaired) electrons. The van der Waals surface area contributed by atoms with Crippen molar-refractivity contribution in [3.8, 4) is 0 Å². The molecule has 1 aromatic carbocycles. The van der Waals surface area contributed by atoms with E-state index in [9.17, 15) is 9.59 Å². The molecule has 8 nitrogen and oxygen atoms in total. The maximum atomic E-state index is 12.2. The number of urea groups is 1. The van der Waals surface area contributed by atoms with E-state index < -0.39 is 0 Å². The first-order chi connectivity index (χ1) is 13.9. The van der Waals surface area contributed by atoms with E-state index in [0.29, 0.717) is 36.0 Å². The lowest BCUT2D eigenvalue weighted by atomic mass is 10.1. The molecule has 3 amide bonds. The maximum absolute atomic E-state index is 12.2. The molecule has 1 saturated heterocycles. The SMILES string of the molecule is COC(=O)N1CCN(Cc2cc(NC(=O)Nc3ccc(C)nc3)ccc2Cl)CC1. The zero-order valence-electron chi connectivity index (χ0n) is 16.4. The average Bonchev–Trinajstić information content (AvgIpc) is 2.72. The van der Waals surface area contributed by atoms with Gasteiger partial charge in [-0.25, -0.2) is 9.59 Å². The summed E-state index contributed by atoms with van der Waals surface area (Å²) in [5, 5.41) is 6.20. The fraction of sp³-hybridized carbons (Fsp3) is 0.350. The van der Waals surface area contributed by atoms with Gasteiger partial charge in [0.25, 0.3) is 0 Å². The normalized spacial score (nSPS) is 14.4. The minimum absolute atomic E-state index is 0.302. The maximum Gasteiger partial charge on any atom is 0.409 e. The third kappa shape index (κ3) is 5.82. The Labute approximate surface area is 174 Å². The molecule has 2 N–H and O–H groups in total. The number of nitrogens with one attached hydrogen (secondary N) is 2. The molecule has 154 valence electrons. The zero-order chi connectivity index (χ0) is 20.8. The fourth-order valence-electron chi connectivity index (χ4n) is 3.07. The van der Waals surface area contributed by atoms with Gasteiger partial charge in [0.05, 0.1) is 19.0 Å². The summed E-state index contributed by atoms with van der Waals surface area (Å²) in [7, 11) is 1.39. The van der Waals surface area contributed by atoms with Crippen molar-refractivity contribution in [2.45, 2.75) is 13.5 Å². The molecule has 1 aliphatic heterocycles. The molecular weight excluding hydrogens is 394 g/mol. The largest absolute Gasteiger partial charge is 0.453 e. The summed E-state index contributed by atoms with van der Waals surface area (Å²) in [4.78, 5) is 31.9. The Morgan fingerprint density at radius 2 is 1.79 bits per heavy atom. The summed E-state index contributed by atoms with van der Waals surface area (Å²) in [6.07, 6.45) is 1.31. The molecule has 0 unspecified atom stereocenters. The highest BCUT2D eigenvalue weighted by Gasteiger charge is 2.22. The number of rotatable bonds is 4. The third-order valence-electron chi connectivity index (χ3n) is 4.67. The van der Waals surface area contributed by atoms with E-state index in [1.807, 2.05) is 19.1 Å². The van der Waals surface area contributed by atoms with Crippen LogP contribution < -0.4 is 10.6 Å². The van der Waals surface area contributed by atoms with Crippen LogP contribution in [-0.2, 0) is 11.3 Å². The molecule has 3 rings (SSSR count). The van der Waals surface area contributed by atoms with Crippen LogP contribution in [0.3, 0.4) is 0 Å². The monoisotopic (exact) mass is 417 g/mol. The number of amides is 3. The van der Waals surface area contributed by atoms with Gasteiger partial charge in [0.1, 0.15) is 0 Å². The summed E-state index contributed by atoms with van der Waals surface area (Å²) in [5.74, 6) is 0. The number of anilines is 2. The van der Waals surface area contributed by atoms with Crippen LogP contribution in [0.1, 0.15) is 11.3 Å². The topological polar surface area (TPSA) is 86.8 Å². The van der Waals surface area contributed by atoms with Crippen molar-refractivity contribution in [1.29, 1.82) is 0 Å². The summed E-state index contributed by atoms with van der Waals surface area (Å²) in [6.45, 7) is 5.18. The van der Waals surface area contributed by atoms with Gasteiger partial charge >= 0.3 is 12.1 Å². The Kier molecular flexibility index (Phi) is 6.90. The zero-order valence-corrected chi connectivity index (χ0v) is 17.2. The standard InChI is InChI=1S/C20H24ClN5O3/c1-14-3-4-17(12-22-14)24-19(27)23-16-5-6-18(21)15(11-16)13-25-7-9-26(10-8-25)20(28)29-2/h3-6,11-12H,7-10,13H2,1-2H3,(H2,23,24,27). The molecule has 9 heteroatoms. The number of aryl methyl sites for hydroxylation is 1. The number of carbonyl (C=O) groups excluding carboxylic acids is 2. The van der Waals surface area contributed by atoms with Crippen LogP contribution in [0, 0.1) is 6.92 Å². The minimum atomic E-state index is -0.351. The van der Waals surface area contributed by atoms with E-state index in [1.165, 1.54) is 7.11 Å². The number of piperazine rings is 1. The Hall–Kier alpha value is -2.84. The van der Waals surface area contributed by atoms with Gasteiger partial charge in [-0.2, -0.15) is 0 Å². The molecule has 1 aliphatic rings. The number of carbonyl (C=O) groups is 2. The fourth-order valence-corrected chi connectivity index (χ4v) is 3.24. The summed E-state index contributed by atoms with van der Waals surface area (Å²) < 4.78 is 4.76. The highest BCUT2D eigenvalue weighted by atomic mass is 35.5. The number of aromatic nitrogens is 1. The van der Waals surface area contributed by atoms with Gasteiger partial charge in [-0.1, -0.05) is 11.6 Å². The second kappa shape index (κ2) is 9.58. The highest BCUT2D eigenvalue weighted by Crippen LogP contribution is 2.23. The van der Waals surface area contributed by atoms with Gasteiger partial charge < -0.3 is 20.3 Å². The Bertz CT molecular complexity index is 867. The van der Waals surface area contributed by atoms with E-state index >= 15 is 0 Å². The van der Waals surface area contributed by atoms with E-state index in [4.69, 9.17) is 16.3 Å². The van der Waals surface area contributed by atoms with Crippen LogP contribution in [0.15, 0.2) is 36.5 Å². The molecule has 1 aromatic heterocycles. The van der Waals surface area contributed by atoms with Crippen molar-refractivity contribution in [3.63, 3.8) is 0 Å². The van der Waals surface area contributed by atoms with Gasteiger partial charge in [0, 0.05) is 49.1 Å². The van der Waals surface area contributed by atoms with Gasteiger partial charge in [-0.3, -0.25) is 9.88 Å². The Balaban J connectivity index is 1.57. The molecule has 0 aliphatic carbocycles. The van der Waals surface area contributed by atoms with Crippen LogP contribution >= 0.6 is 11.6 Å². The van der Waals surface area contributed by atoms with Crippen LogP contribution in [0.25, 0.3) is 0 Å². The molecular formula is C20H24ClN5O3. The van der Waals surface area contributed by atoms with Gasteiger partial charge in [-0.05, 0) is 42.8 Å². The molecule has 1 fully saturated rings. The summed E-state index contributed by atoms with van der Waals surface area (Å²) in [5.41, 5.74) is 3.06. The number of ether oxygens (including phenoxy) is 1. The lowest BCUT2D eigenvalue weighted by molar-refractivity contribution is 0.0889. The van der Waals surface area contributed by atoms with Crippen molar-refractivity contribution in [3.05, 3.63) is 52.8 Å². The Morgan fingerprint density at radius 3 is 2.45 bits per heavy atom. The van der Waals surface area contributed by atoms with Crippen LogP contribution in [0.2, 0.25) is 5.02 Å². The molecule has 29 heavy (non-hydrogen) atoms. The van der Waals surface area contributed by atoms with E-state index in [-0.39, 0.29) is 12.1 Å². The van der Waals surface area contributed by atoms with Crippen LogP contribution in [0.4, 0.5) is 21.0 Å². The highest BCUT2D eigenvalue weighted by molar-refractivity contribution is 6.31. The minimum Gasteiger partial charge on any atom is -0.453 e. The second-order valence-electron chi connectivity index (χ2n) is 6.81. The quantitative estimate of drug-likeness (QED) is 0.794. The molecule has 0 bridgehead atoms. The molecule has 2 aromatic rings. The lowest BCUT2D eigenvalue weighted by Crippen LogP contribution is -2.48. The van der Waals surface area contributed by atoms with Crippen LogP contribution in [-0.4, -0.2) is 60.2 Å². The summed E-state index contributed by atoms with van der Waals surface area (Å²) >= 11 is 6.35. The van der Waals surface area contributed by atoms with Crippen molar-refractivity contribution in [1.82, 2.24) is 14.8 Å². The number of hydrogen-bond acceptors (Lipinski definition) is 5. The number of benzene rings is 1. The number of methoxy groups -OCH3 is 1. The lowest BCUT2D eigenvalue weighted by Gasteiger charge is -2.34. The molecule has 0 saturated carbocycles. The number of pyridine rings is 1.